The van der Waals surface area contributed by atoms with Crippen LogP contribution >= 0.6 is 0 Å². The summed E-state index contributed by atoms with van der Waals surface area (Å²) in [5.74, 6) is -0.676. The van der Waals surface area contributed by atoms with Crippen LogP contribution in [0, 0.1) is 50.2 Å². The van der Waals surface area contributed by atoms with E-state index in [1.807, 2.05) is 6.92 Å². The Morgan fingerprint density at radius 2 is 1.18 bits per heavy atom. The lowest BCUT2D eigenvalue weighted by atomic mass is 9.33. The molecule has 4 saturated carbocycles. The van der Waals surface area contributed by atoms with E-state index in [1.54, 1.807) is 0 Å². The fourth-order valence-electron chi connectivity index (χ4n) is 15.9. The van der Waals surface area contributed by atoms with Gasteiger partial charge in [-0.1, -0.05) is 53.2 Å². The van der Waals surface area contributed by atoms with Crippen molar-refractivity contribution in [3.8, 4) is 0 Å². The lowest BCUT2D eigenvalue weighted by molar-refractivity contribution is -0.389. The summed E-state index contributed by atoms with van der Waals surface area (Å²) in [5.41, 5.74) is -1.64. The summed E-state index contributed by atoms with van der Waals surface area (Å²) < 4.78 is 47.9. The first kappa shape index (κ1) is 57.1. The highest BCUT2D eigenvalue weighted by atomic mass is 16.8. The molecule has 9 aliphatic rings. The summed E-state index contributed by atoms with van der Waals surface area (Å²) in [6, 6.07) is 0. The zero-order valence-electron chi connectivity index (χ0n) is 43.4. The Morgan fingerprint density at radius 1 is 0.595 bits per heavy atom. The van der Waals surface area contributed by atoms with E-state index < -0.39 is 153 Å². The topological polar surface area (TPSA) is 354 Å². The van der Waals surface area contributed by atoms with Crippen molar-refractivity contribution >= 4 is 5.97 Å². The van der Waals surface area contributed by atoms with Gasteiger partial charge in [0.1, 0.15) is 85.5 Å². The van der Waals surface area contributed by atoms with Crippen LogP contribution in [-0.4, -0.2) is 222 Å². The molecule has 0 amide bonds. The van der Waals surface area contributed by atoms with E-state index in [-0.39, 0.29) is 52.6 Å². The molecule has 0 bridgehead atoms. The minimum absolute atomic E-state index is 0.0872. The summed E-state index contributed by atoms with van der Waals surface area (Å²) in [6.07, 6.45) is -20.7. The van der Waals surface area contributed by atoms with Gasteiger partial charge in [-0.25, -0.2) is 0 Å². The molecule has 0 radical (unpaired) electrons. The summed E-state index contributed by atoms with van der Waals surface area (Å²) in [4.78, 5) is 14.7. The van der Waals surface area contributed by atoms with Crippen molar-refractivity contribution in [2.24, 2.45) is 50.2 Å². The second-order valence-corrected chi connectivity index (χ2v) is 25.2. The molecule has 0 aromatic rings. The van der Waals surface area contributed by atoms with E-state index in [1.165, 1.54) is 5.57 Å². The maximum Gasteiger partial charge on any atom is 0.315 e. The number of carbonyl (C=O) groups is 1. The second-order valence-electron chi connectivity index (χ2n) is 25.2. The smallest absolute Gasteiger partial charge is 0.315 e. The van der Waals surface area contributed by atoms with Crippen LogP contribution in [-0.2, 0) is 42.7 Å². The van der Waals surface area contributed by atoms with Crippen LogP contribution in [0.4, 0.5) is 0 Å². The number of hydrogen-bond acceptors (Lipinski definition) is 22. The molecule has 9 rings (SSSR count). The average molecular weight is 1060 g/mol. The number of rotatable bonds is 11. The van der Waals surface area contributed by atoms with Crippen LogP contribution < -0.4 is 0 Å². The zero-order valence-corrected chi connectivity index (χ0v) is 43.4. The first-order chi connectivity index (χ1) is 34.7. The van der Waals surface area contributed by atoms with Crippen molar-refractivity contribution < 1.29 is 109 Å². The Morgan fingerprint density at radius 3 is 1.84 bits per heavy atom. The quantitative estimate of drug-likeness (QED) is 0.0618. The van der Waals surface area contributed by atoms with E-state index in [0.29, 0.717) is 38.5 Å². The molecule has 22 heteroatoms. The van der Waals surface area contributed by atoms with E-state index in [4.69, 9.17) is 37.9 Å². The first-order valence-electron chi connectivity index (χ1n) is 26.8. The molecule has 424 valence electrons. The highest BCUT2D eigenvalue weighted by molar-refractivity contribution is 5.79. The maximum atomic E-state index is 14.7. The van der Waals surface area contributed by atoms with Gasteiger partial charge in [0.15, 0.2) is 18.9 Å². The van der Waals surface area contributed by atoms with Crippen molar-refractivity contribution in [2.45, 2.75) is 222 Å². The van der Waals surface area contributed by atoms with Gasteiger partial charge in [-0.2, -0.15) is 0 Å². The number of hydrogen-bond donors (Lipinski definition) is 13. The molecule has 27 atom stereocenters. The van der Waals surface area contributed by atoms with Crippen molar-refractivity contribution in [1.29, 1.82) is 0 Å². The Labute approximate surface area is 431 Å². The van der Waals surface area contributed by atoms with E-state index in [0.717, 1.165) is 25.7 Å². The Kier molecular flexibility index (Phi) is 16.1. The van der Waals surface area contributed by atoms with Crippen LogP contribution in [0.3, 0.4) is 0 Å². The predicted molar refractivity (Wildman–Crippen MR) is 252 cm³/mol. The SMILES string of the molecule is CC1(C)CC[C@@]2(C(=O)O[C@@H]3O[C@@H](CO)[C@@H](O)[C@H](O)[C@H]3O)CC[C@]3(C)C(=CC[C@@H]4[C@@]5(C)CC[C@H](O[C@H]6OC[C@H](O)[C@H](O)[C@@H]6O[C@@H]6O[C@H](CO)[C@H](O)[C@H](O)[C@@H]6O[C@@H]6OC[C@@H](O)[C@H](O)[C@H]6O)[C@](C)(CO)[C@@H]5CC[C@]43C)[C@H]2C1. The summed E-state index contributed by atoms with van der Waals surface area (Å²) >= 11 is 0. The van der Waals surface area contributed by atoms with Crippen LogP contribution in [0.15, 0.2) is 11.6 Å². The largest absolute Gasteiger partial charge is 0.432 e. The summed E-state index contributed by atoms with van der Waals surface area (Å²) in [7, 11) is 0. The minimum atomic E-state index is -1.84. The highest BCUT2D eigenvalue weighted by Gasteiger charge is 2.71. The van der Waals surface area contributed by atoms with Crippen molar-refractivity contribution in [2.75, 3.05) is 33.0 Å². The molecule has 0 unspecified atom stereocenters. The maximum absolute atomic E-state index is 14.7. The second kappa shape index (κ2) is 20.8. The normalized spacial score (nSPS) is 54.4. The van der Waals surface area contributed by atoms with Crippen LogP contribution in [0.1, 0.15) is 106 Å². The molecule has 13 N–H and O–H groups in total. The number of aliphatic hydroxyl groups excluding tert-OH is 13. The monoisotopic (exact) mass is 1060 g/mol. The molecule has 0 aromatic carbocycles. The number of fused-ring (bicyclic) bond motifs is 7. The highest BCUT2D eigenvalue weighted by Crippen LogP contribution is 2.76. The fourth-order valence-corrected chi connectivity index (χ4v) is 15.9. The average Bonchev–Trinajstić information content (AvgIpc) is 3.36. The predicted octanol–water partition coefficient (Wildman–Crippen LogP) is -1.78. The van der Waals surface area contributed by atoms with Crippen molar-refractivity contribution in [3.63, 3.8) is 0 Å². The van der Waals surface area contributed by atoms with Gasteiger partial charge in [-0.15, -0.1) is 0 Å². The molecule has 74 heavy (non-hydrogen) atoms. The van der Waals surface area contributed by atoms with Crippen LogP contribution in [0.2, 0.25) is 0 Å². The third-order valence-corrected chi connectivity index (χ3v) is 20.8. The third kappa shape index (κ3) is 9.16. The molecule has 0 spiro atoms. The third-order valence-electron chi connectivity index (χ3n) is 20.8. The standard InChI is InChI=1S/C52H84O22/c1-47(2)13-15-52(46(66)74-43-39(65)36(62)34(60)27(18-53)69-43)16-14-50(5)23(24(52)17-47)7-8-30-48(3)11-10-31(49(4,22-55)29(48)9-12-51(30,50)6)71-44-40(33(59)26(57)21-68-44)73-45-41(37(63)35(61)28(19-54)70-45)72-42-38(64)32(58)25(56)20-67-42/h7,24-45,53-65H,8-22H2,1-6H3/t24-,25-,26+,27+,28-,29-,30-,31+,32+,33+,34-,35+,36+,37+,38-,39-,40+,41+,42+,43+,44-,45+,48+,49-,50-,51-,52-/m1/s1. The Balaban J connectivity index is 0.958. The van der Waals surface area contributed by atoms with E-state index in [9.17, 15) is 71.2 Å². The van der Waals surface area contributed by atoms with Gasteiger partial charge in [0.05, 0.1) is 44.6 Å². The molecule has 8 fully saturated rings. The van der Waals surface area contributed by atoms with Gasteiger partial charge in [0.25, 0.3) is 0 Å². The van der Waals surface area contributed by atoms with E-state index in [2.05, 4.69) is 40.7 Å². The van der Waals surface area contributed by atoms with Gasteiger partial charge < -0.3 is 104 Å². The van der Waals surface area contributed by atoms with Crippen molar-refractivity contribution in [3.05, 3.63) is 11.6 Å². The van der Waals surface area contributed by atoms with Gasteiger partial charge in [0.2, 0.25) is 6.29 Å². The van der Waals surface area contributed by atoms with E-state index >= 15 is 0 Å². The number of ether oxygens (including phenoxy) is 8. The first-order valence-corrected chi connectivity index (χ1v) is 26.8. The van der Waals surface area contributed by atoms with Gasteiger partial charge >= 0.3 is 5.97 Å². The number of esters is 1. The summed E-state index contributed by atoms with van der Waals surface area (Å²) in [5, 5.41) is 139. The molecule has 5 aliphatic carbocycles. The Bertz CT molecular complexity index is 2030. The number of aliphatic hydroxyl groups is 13. The molecular weight excluding hydrogens is 977 g/mol. The molecule has 4 heterocycles. The van der Waals surface area contributed by atoms with Crippen molar-refractivity contribution in [1.82, 2.24) is 0 Å². The lowest BCUT2D eigenvalue weighted by Crippen LogP contribution is -2.67. The van der Waals surface area contributed by atoms with Gasteiger partial charge in [-0.05, 0) is 104 Å². The number of allylic oxidation sites excluding steroid dienone is 2. The molecule has 22 nitrogen and oxygen atoms in total. The van der Waals surface area contributed by atoms with Gasteiger partial charge in [0, 0.05) is 5.41 Å². The van der Waals surface area contributed by atoms with Crippen LogP contribution in [0.25, 0.3) is 0 Å². The molecular formula is C52H84O22. The molecule has 0 aromatic heterocycles. The fraction of sp³-hybridized carbons (Fsp3) is 0.942. The van der Waals surface area contributed by atoms with Gasteiger partial charge in [-0.3, -0.25) is 4.79 Å². The molecule has 4 saturated heterocycles. The number of carbonyl (C=O) groups excluding carboxylic acids is 1. The summed E-state index contributed by atoms with van der Waals surface area (Å²) in [6.45, 7) is 11.0. The Hall–Kier alpha value is -1.59. The lowest BCUT2D eigenvalue weighted by Gasteiger charge is -2.71. The molecule has 4 aliphatic heterocycles. The zero-order chi connectivity index (χ0) is 53.8. The van der Waals surface area contributed by atoms with Crippen LogP contribution in [0.5, 0.6) is 0 Å². The minimum Gasteiger partial charge on any atom is -0.432 e.